The molecule has 2 aromatic rings. The lowest BCUT2D eigenvalue weighted by molar-refractivity contribution is 0.626. The third-order valence-electron chi connectivity index (χ3n) is 2.37. The van der Waals surface area contributed by atoms with Crippen molar-refractivity contribution in [1.82, 2.24) is 0 Å². The maximum Gasteiger partial charge on any atom is 0.124 e. The van der Waals surface area contributed by atoms with Gasteiger partial charge < -0.3 is 0 Å². The van der Waals surface area contributed by atoms with Crippen LogP contribution in [0, 0.1) is 17.1 Å². The summed E-state index contributed by atoms with van der Waals surface area (Å²) in [6.07, 6.45) is 0. The molecule has 0 saturated heterocycles. The molecule has 2 rings (SSSR count). The highest BCUT2D eigenvalue weighted by Crippen LogP contribution is 2.27. The zero-order chi connectivity index (χ0) is 13.0. The lowest BCUT2D eigenvalue weighted by atomic mass is 10.2. The topological polar surface area (TPSA) is 23.8 Å². The smallest absolute Gasteiger partial charge is 0.124 e. The fraction of sp³-hybridized carbons (Fsp3) is 0.0714. The van der Waals surface area contributed by atoms with Crippen LogP contribution < -0.4 is 0 Å². The molecule has 0 saturated carbocycles. The average Bonchev–Trinajstić information content (AvgIpc) is 2.39. The van der Waals surface area contributed by atoms with Crippen LogP contribution in [-0.4, -0.2) is 0 Å². The molecule has 0 radical (unpaired) electrons. The van der Waals surface area contributed by atoms with Crippen LogP contribution in [0.5, 0.6) is 0 Å². The van der Waals surface area contributed by atoms with Gasteiger partial charge in [-0.3, -0.25) is 0 Å². The molecule has 0 aliphatic rings. The van der Waals surface area contributed by atoms with Gasteiger partial charge in [-0.2, -0.15) is 5.26 Å². The summed E-state index contributed by atoms with van der Waals surface area (Å²) in [4.78, 5) is 0.786. The van der Waals surface area contributed by atoms with Gasteiger partial charge in [0.2, 0.25) is 0 Å². The minimum Gasteiger partial charge on any atom is -0.207 e. The Labute approximate surface area is 114 Å². The van der Waals surface area contributed by atoms with E-state index in [1.54, 1.807) is 6.07 Å². The van der Waals surface area contributed by atoms with Gasteiger partial charge in [0.05, 0.1) is 5.56 Å². The number of hydrogen-bond donors (Lipinski definition) is 0. The quantitative estimate of drug-likeness (QED) is 0.763. The Kier molecular flexibility index (Phi) is 4.24. The molecular formula is C14H9ClFNS. The van der Waals surface area contributed by atoms with Gasteiger partial charge in [-0.05, 0) is 35.9 Å². The van der Waals surface area contributed by atoms with Crippen molar-refractivity contribution in [2.24, 2.45) is 0 Å². The first kappa shape index (κ1) is 12.9. The minimum atomic E-state index is -0.387. The summed E-state index contributed by atoms with van der Waals surface area (Å²) < 4.78 is 13.0. The van der Waals surface area contributed by atoms with Gasteiger partial charge in [-0.15, -0.1) is 11.8 Å². The number of nitrogens with zero attached hydrogens (tertiary/aromatic N) is 1. The van der Waals surface area contributed by atoms with Crippen molar-refractivity contribution in [2.45, 2.75) is 10.6 Å². The van der Waals surface area contributed by atoms with E-state index in [-0.39, 0.29) is 5.82 Å². The van der Waals surface area contributed by atoms with E-state index in [4.69, 9.17) is 16.9 Å². The van der Waals surface area contributed by atoms with E-state index >= 15 is 0 Å². The summed E-state index contributed by atoms with van der Waals surface area (Å²) in [6, 6.07) is 13.8. The number of hydrogen-bond acceptors (Lipinski definition) is 2. The summed E-state index contributed by atoms with van der Waals surface area (Å²) in [5, 5.41) is 9.63. The molecule has 90 valence electrons. The standard InChI is InChI=1S/C14H9ClFNS/c15-12-3-1-10(2-4-12)9-18-14-6-5-13(16)7-11(14)8-17/h1-7H,9H2. The van der Waals surface area contributed by atoms with Crippen LogP contribution in [0.2, 0.25) is 5.02 Å². The normalized spacial score (nSPS) is 10.1. The van der Waals surface area contributed by atoms with Crippen LogP contribution in [0.1, 0.15) is 11.1 Å². The molecule has 0 amide bonds. The first-order valence-electron chi connectivity index (χ1n) is 5.26. The first-order valence-corrected chi connectivity index (χ1v) is 6.62. The molecule has 0 heterocycles. The Morgan fingerprint density at radius 3 is 2.56 bits per heavy atom. The van der Waals surface area contributed by atoms with Crippen LogP contribution in [0.25, 0.3) is 0 Å². The van der Waals surface area contributed by atoms with Crippen LogP contribution in [0.4, 0.5) is 4.39 Å². The maximum atomic E-state index is 13.0. The van der Waals surface area contributed by atoms with Crippen molar-refractivity contribution in [3.63, 3.8) is 0 Å². The van der Waals surface area contributed by atoms with E-state index in [1.165, 1.54) is 23.9 Å². The Morgan fingerprint density at radius 1 is 1.17 bits per heavy atom. The Bertz CT molecular complexity index is 590. The third-order valence-corrected chi connectivity index (χ3v) is 3.77. The molecule has 0 atom stereocenters. The lowest BCUT2D eigenvalue weighted by Gasteiger charge is -2.04. The molecule has 0 spiro atoms. The summed E-state index contributed by atoms with van der Waals surface area (Å²) in [5.41, 5.74) is 1.48. The van der Waals surface area contributed by atoms with Crippen LogP contribution >= 0.6 is 23.4 Å². The third kappa shape index (κ3) is 3.25. The van der Waals surface area contributed by atoms with Crippen molar-refractivity contribution in [3.8, 4) is 6.07 Å². The largest absolute Gasteiger partial charge is 0.207 e. The molecule has 0 aliphatic carbocycles. The van der Waals surface area contributed by atoms with Crippen LogP contribution in [-0.2, 0) is 5.75 Å². The van der Waals surface area contributed by atoms with Gasteiger partial charge in [0.15, 0.2) is 0 Å². The van der Waals surface area contributed by atoms with Crippen molar-refractivity contribution in [2.75, 3.05) is 0 Å². The second-order valence-electron chi connectivity index (χ2n) is 3.67. The van der Waals surface area contributed by atoms with E-state index in [0.717, 1.165) is 16.2 Å². The summed E-state index contributed by atoms with van der Waals surface area (Å²) in [7, 11) is 0. The SMILES string of the molecule is N#Cc1cc(F)ccc1SCc1ccc(Cl)cc1. The molecular weight excluding hydrogens is 269 g/mol. The van der Waals surface area contributed by atoms with Crippen molar-refractivity contribution < 1.29 is 4.39 Å². The zero-order valence-electron chi connectivity index (χ0n) is 9.36. The molecule has 0 bridgehead atoms. The van der Waals surface area contributed by atoms with Gasteiger partial charge in [0.25, 0.3) is 0 Å². The van der Waals surface area contributed by atoms with Crippen molar-refractivity contribution >= 4 is 23.4 Å². The zero-order valence-corrected chi connectivity index (χ0v) is 10.9. The molecule has 2 aromatic carbocycles. The molecule has 4 heteroatoms. The Hall–Kier alpha value is -1.50. The fourth-order valence-corrected chi connectivity index (χ4v) is 2.52. The highest BCUT2D eigenvalue weighted by molar-refractivity contribution is 7.98. The first-order chi connectivity index (χ1) is 8.69. The second kappa shape index (κ2) is 5.90. The summed E-state index contributed by atoms with van der Waals surface area (Å²) in [5.74, 6) is 0.333. The number of benzene rings is 2. The van der Waals surface area contributed by atoms with E-state index in [9.17, 15) is 4.39 Å². The molecule has 0 aromatic heterocycles. The molecule has 1 nitrogen and oxygen atoms in total. The minimum absolute atomic E-state index is 0.369. The van der Waals surface area contributed by atoms with Gasteiger partial charge in [-0.25, -0.2) is 4.39 Å². The van der Waals surface area contributed by atoms with Crippen molar-refractivity contribution in [1.29, 1.82) is 5.26 Å². The van der Waals surface area contributed by atoms with E-state index in [0.29, 0.717) is 10.6 Å². The number of thioether (sulfide) groups is 1. The Morgan fingerprint density at radius 2 is 1.89 bits per heavy atom. The molecule has 0 fully saturated rings. The predicted octanol–water partition coefficient (Wildman–Crippen LogP) is 4.64. The fourth-order valence-electron chi connectivity index (χ4n) is 1.46. The number of halogens is 2. The van der Waals surface area contributed by atoms with Gasteiger partial charge in [-0.1, -0.05) is 23.7 Å². The lowest BCUT2D eigenvalue weighted by Crippen LogP contribution is -1.85. The summed E-state index contributed by atoms with van der Waals surface area (Å²) >= 11 is 7.31. The molecule has 0 N–H and O–H groups in total. The second-order valence-corrected chi connectivity index (χ2v) is 5.12. The van der Waals surface area contributed by atoms with Gasteiger partial charge in [0.1, 0.15) is 11.9 Å². The van der Waals surface area contributed by atoms with E-state index < -0.39 is 0 Å². The van der Waals surface area contributed by atoms with Crippen LogP contribution in [0.3, 0.4) is 0 Å². The maximum absolute atomic E-state index is 13.0. The summed E-state index contributed by atoms with van der Waals surface area (Å²) in [6.45, 7) is 0. The van der Waals surface area contributed by atoms with Gasteiger partial charge in [0, 0.05) is 15.7 Å². The van der Waals surface area contributed by atoms with Crippen molar-refractivity contribution in [3.05, 3.63) is 64.4 Å². The average molecular weight is 278 g/mol. The van der Waals surface area contributed by atoms with Crippen LogP contribution in [0.15, 0.2) is 47.4 Å². The molecule has 18 heavy (non-hydrogen) atoms. The molecule has 0 unspecified atom stereocenters. The van der Waals surface area contributed by atoms with E-state index in [1.807, 2.05) is 30.3 Å². The number of rotatable bonds is 3. The van der Waals surface area contributed by atoms with E-state index in [2.05, 4.69) is 0 Å². The highest BCUT2D eigenvalue weighted by Gasteiger charge is 2.04. The molecule has 0 aliphatic heterocycles. The monoisotopic (exact) mass is 277 g/mol. The number of nitriles is 1. The Balaban J connectivity index is 2.11. The predicted molar refractivity (Wildman–Crippen MR) is 72.1 cm³/mol. The van der Waals surface area contributed by atoms with Gasteiger partial charge >= 0.3 is 0 Å². The highest BCUT2D eigenvalue weighted by atomic mass is 35.5.